The first kappa shape index (κ1) is 26.6. The van der Waals surface area contributed by atoms with Gasteiger partial charge in [0.25, 0.3) is 5.56 Å². The van der Waals surface area contributed by atoms with Crippen molar-refractivity contribution in [1.82, 2.24) is 19.4 Å². The molecule has 0 fully saturated rings. The van der Waals surface area contributed by atoms with Crippen molar-refractivity contribution in [1.29, 1.82) is 0 Å². The number of amides is 3. The van der Waals surface area contributed by atoms with Crippen LogP contribution >= 0.6 is 11.6 Å². The number of fused-ring (bicyclic) bond motifs is 1. The Morgan fingerprint density at radius 3 is 2.39 bits per heavy atom. The molecule has 1 atom stereocenters. The molecule has 0 aliphatic rings. The van der Waals surface area contributed by atoms with Gasteiger partial charge in [-0.15, -0.1) is 0 Å². The number of carbonyl (C=O) groups is 2. The molecule has 4 aromatic rings. The van der Waals surface area contributed by atoms with Crippen LogP contribution in [-0.2, 0) is 0 Å². The van der Waals surface area contributed by atoms with E-state index in [1.54, 1.807) is 88.5 Å². The summed E-state index contributed by atoms with van der Waals surface area (Å²) in [6.07, 6.45) is 1.95. The fourth-order valence-electron chi connectivity index (χ4n) is 4.34. The predicted octanol–water partition coefficient (Wildman–Crippen LogP) is 5.92. The highest BCUT2D eigenvalue weighted by atomic mass is 35.5. The van der Waals surface area contributed by atoms with Crippen LogP contribution in [0.1, 0.15) is 39.6 Å². The molecule has 0 radical (unpaired) electrons. The molecule has 2 aromatic carbocycles. The van der Waals surface area contributed by atoms with Gasteiger partial charge in [-0.05, 0) is 70.2 Å². The Bertz CT molecular complexity index is 1570. The molecule has 0 bridgehead atoms. The summed E-state index contributed by atoms with van der Waals surface area (Å²) in [5, 5.41) is 15.9. The molecule has 196 valence electrons. The molecule has 0 saturated carbocycles. The van der Waals surface area contributed by atoms with Gasteiger partial charge in [0.15, 0.2) is 0 Å². The average molecular weight is 535 g/mol. The van der Waals surface area contributed by atoms with Crippen LogP contribution in [0.25, 0.3) is 16.6 Å². The molecule has 2 heterocycles. The van der Waals surface area contributed by atoms with Crippen molar-refractivity contribution in [3.8, 4) is 5.69 Å². The molecular formula is C27H27ClN6O4. The minimum atomic E-state index is -1.15. The molecule has 3 amide bonds. The Balaban J connectivity index is 1.84. The van der Waals surface area contributed by atoms with Crippen LogP contribution in [0.2, 0.25) is 5.02 Å². The van der Waals surface area contributed by atoms with Gasteiger partial charge in [-0.25, -0.2) is 14.6 Å². The standard InChI is InChI=1S/C27H27ClN6O4/c1-16(34(26(37)38)27(2,3)4)23-32-21-12-6-11-20(28)22(21)24(35)33(23)19-10-5-8-17(14-19)30-25(36)31-18-9-7-13-29-15-18/h5-16H,1-4H3,(H,37,38)(H2,30,31,36)/t16-/m0/s1. The van der Waals surface area contributed by atoms with E-state index in [4.69, 9.17) is 16.6 Å². The number of rotatable bonds is 5. The third kappa shape index (κ3) is 5.45. The zero-order chi connectivity index (χ0) is 27.6. The first-order chi connectivity index (χ1) is 18.0. The lowest BCUT2D eigenvalue weighted by molar-refractivity contribution is 0.0719. The van der Waals surface area contributed by atoms with E-state index < -0.39 is 29.3 Å². The number of hydrogen-bond donors (Lipinski definition) is 3. The van der Waals surface area contributed by atoms with Crippen molar-refractivity contribution in [3.63, 3.8) is 0 Å². The highest BCUT2D eigenvalue weighted by molar-refractivity contribution is 6.35. The lowest BCUT2D eigenvalue weighted by Gasteiger charge is -2.38. The molecule has 0 unspecified atom stereocenters. The number of hydrogen-bond acceptors (Lipinski definition) is 5. The van der Waals surface area contributed by atoms with Gasteiger partial charge in [0.2, 0.25) is 0 Å². The van der Waals surface area contributed by atoms with Crippen LogP contribution in [0.4, 0.5) is 21.0 Å². The number of carboxylic acid groups (broad SMARTS) is 1. The van der Waals surface area contributed by atoms with Gasteiger partial charge in [0.1, 0.15) is 5.82 Å². The predicted molar refractivity (Wildman–Crippen MR) is 147 cm³/mol. The number of benzene rings is 2. The minimum absolute atomic E-state index is 0.204. The van der Waals surface area contributed by atoms with E-state index in [9.17, 15) is 19.5 Å². The van der Waals surface area contributed by atoms with Crippen LogP contribution in [0, 0.1) is 0 Å². The Morgan fingerprint density at radius 2 is 1.74 bits per heavy atom. The van der Waals surface area contributed by atoms with Gasteiger partial charge < -0.3 is 15.7 Å². The number of pyridine rings is 1. The van der Waals surface area contributed by atoms with Crippen LogP contribution in [0.3, 0.4) is 0 Å². The Kier molecular flexibility index (Phi) is 7.36. The molecule has 38 heavy (non-hydrogen) atoms. The normalized spacial score (nSPS) is 12.1. The molecule has 0 saturated heterocycles. The van der Waals surface area contributed by atoms with Gasteiger partial charge in [-0.3, -0.25) is 19.2 Å². The second-order valence-electron chi connectivity index (χ2n) is 9.62. The van der Waals surface area contributed by atoms with Crippen molar-refractivity contribution >= 4 is 46.0 Å². The van der Waals surface area contributed by atoms with Gasteiger partial charge in [0, 0.05) is 17.4 Å². The summed E-state index contributed by atoms with van der Waals surface area (Å²) in [5.41, 5.74) is 0.399. The molecule has 4 rings (SSSR count). The molecule has 2 aromatic heterocycles. The molecule has 3 N–H and O–H groups in total. The summed E-state index contributed by atoms with van der Waals surface area (Å²) >= 11 is 6.39. The van der Waals surface area contributed by atoms with Gasteiger partial charge in [-0.1, -0.05) is 23.7 Å². The van der Waals surface area contributed by atoms with Crippen LogP contribution in [0.15, 0.2) is 71.8 Å². The van der Waals surface area contributed by atoms with Crippen molar-refractivity contribution < 1.29 is 14.7 Å². The number of aromatic nitrogens is 3. The van der Waals surface area contributed by atoms with Crippen molar-refractivity contribution in [2.75, 3.05) is 10.6 Å². The van der Waals surface area contributed by atoms with Gasteiger partial charge in [0.05, 0.1) is 39.5 Å². The fourth-order valence-corrected chi connectivity index (χ4v) is 4.59. The topological polar surface area (TPSA) is 129 Å². The van der Waals surface area contributed by atoms with E-state index in [1.165, 1.54) is 15.7 Å². The maximum Gasteiger partial charge on any atom is 0.408 e. The van der Waals surface area contributed by atoms with E-state index in [0.717, 1.165) is 0 Å². The fraction of sp³-hybridized carbons (Fsp3) is 0.222. The number of nitrogens with zero attached hydrogens (tertiary/aromatic N) is 4. The Morgan fingerprint density at radius 1 is 1.05 bits per heavy atom. The third-order valence-electron chi connectivity index (χ3n) is 5.84. The summed E-state index contributed by atoms with van der Waals surface area (Å²) in [7, 11) is 0. The van der Waals surface area contributed by atoms with Crippen molar-refractivity contribution in [3.05, 3.63) is 88.2 Å². The number of nitrogens with one attached hydrogen (secondary N) is 2. The minimum Gasteiger partial charge on any atom is -0.465 e. The highest BCUT2D eigenvalue weighted by Gasteiger charge is 2.34. The van der Waals surface area contributed by atoms with Crippen LogP contribution in [0.5, 0.6) is 0 Å². The van der Waals surface area contributed by atoms with Crippen LogP contribution in [-0.4, -0.2) is 42.2 Å². The number of urea groups is 1. The third-order valence-corrected chi connectivity index (χ3v) is 6.16. The summed E-state index contributed by atoms with van der Waals surface area (Å²) in [4.78, 5) is 48.6. The first-order valence-corrected chi connectivity index (χ1v) is 12.2. The summed E-state index contributed by atoms with van der Waals surface area (Å²) in [5.74, 6) is 0.207. The molecular weight excluding hydrogens is 508 g/mol. The average Bonchev–Trinajstić information content (AvgIpc) is 2.83. The summed E-state index contributed by atoms with van der Waals surface area (Å²) in [6, 6.07) is 13.6. The van der Waals surface area contributed by atoms with Gasteiger partial charge >= 0.3 is 12.1 Å². The maximum atomic E-state index is 13.9. The van der Waals surface area contributed by atoms with Gasteiger partial charge in [-0.2, -0.15) is 0 Å². The molecule has 0 aliphatic heterocycles. The monoisotopic (exact) mass is 534 g/mol. The van der Waals surface area contributed by atoms with E-state index in [2.05, 4.69) is 15.6 Å². The lowest BCUT2D eigenvalue weighted by Crippen LogP contribution is -2.47. The summed E-state index contributed by atoms with van der Waals surface area (Å²) < 4.78 is 1.34. The zero-order valence-electron chi connectivity index (χ0n) is 21.3. The maximum absolute atomic E-state index is 13.9. The number of anilines is 2. The number of halogens is 1. The smallest absolute Gasteiger partial charge is 0.408 e. The van der Waals surface area contributed by atoms with Crippen molar-refractivity contribution in [2.24, 2.45) is 0 Å². The first-order valence-electron chi connectivity index (χ1n) is 11.8. The lowest BCUT2D eigenvalue weighted by atomic mass is 10.0. The van der Waals surface area contributed by atoms with E-state index in [0.29, 0.717) is 22.6 Å². The second kappa shape index (κ2) is 10.5. The molecule has 10 nitrogen and oxygen atoms in total. The Labute approximate surface area is 223 Å². The van der Waals surface area contributed by atoms with E-state index in [1.807, 2.05) is 0 Å². The SMILES string of the molecule is C[C@@H](c1nc2cccc(Cl)c2c(=O)n1-c1cccc(NC(=O)Nc2cccnc2)c1)N(C(=O)O)C(C)(C)C. The summed E-state index contributed by atoms with van der Waals surface area (Å²) in [6.45, 7) is 6.98. The largest absolute Gasteiger partial charge is 0.465 e. The molecule has 0 aliphatic carbocycles. The molecule has 0 spiro atoms. The molecule has 11 heteroatoms. The zero-order valence-corrected chi connectivity index (χ0v) is 22.0. The quantitative estimate of drug-likeness (QED) is 0.291. The second-order valence-corrected chi connectivity index (χ2v) is 10.0. The Hall–Kier alpha value is -4.44. The van der Waals surface area contributed by atoms with Crippen LogP contribution < -0.4 is 16.2 Å². The highest BCUT2D eigenvalue weighted by Crippen LogP contribution is 2.30. The van der Waals surface area contributed by atoms with E-state index >= 15 is 0 Å². The van der Waals surface area contributed by atoms with E-state index in [-0.39, 0.29) is 16.2 Å². The number of carbonyl (C=O) groups excluding carboxylic acids is 1. The van der Waals surface area contributed by atoms with Crippen molar-refractivity contribution in [2.45, 2.75) is 39.3 Å².